The Morgan fingerprint density at radius 3 is 2.71 bits per heavy atom. The number of carbonyl (C=O) groups is 1. The summed E-state index contributed by atoms with van der Waals surface area (Å²) < 4.78 is 33.4. The normalized spacial score (nSPS) is 13.5. The molecule has 0 saturated heterocycles. The van der Waals surface area contributed by atoms with Gasteiger partial charge in [-0.2, -0.15) is 0 Å². The molecule has 0 bridgehead atoms. The zero-order valence-electron chi connectivity index (χ0n) is 9.08. The molecular weight excluding hydrogens is 284 g/mol. The minimum Gasteiger partial charge on any atom is -0.477 e. The monoisotopic (exact) mass is 296 g/mol. The fourth-order valence-corrected chi connectivity index (χ4v) is 4.67. The number of aromatic carboxylic acids is 1. The Balaban J connectivity index is 2.63. The molecule has 0 radical (unpaired) electrons. The number of carboxylic acid groups (broad SMARTS) is 1. The van der Waals surface area contributed by atoms with Crippen molar-refractivity contribution in [2.75, 3.05) is 17.8 Å². The topological polar surface area (TPSA) is 88.5 Å². The van der Waals surface area contributed by atoms with Gasteiger partial charge in [0, 0.05) is 22.8 Å². The molecule has 17 heavy (non-hydrogen) atoms. The van der Waals surface area contributed by atoms with Crippen LogP contribution in [0.3, 0.4) is 0 Å². The Hall–Kier alpha value is -0.730. The lowest BCUT2D eigenvalue weighted by Crippen LogP contribution is -2.13. The lowest BCUT2D eigenvalue weighted by atomic mass is 10.3. The Bertz CT molecular complexity index is 529. The first kappa shape index (κ1) is 14.3. The van der Waals surface area contributed by atoms with E-state index in [4.69, 9.17) is 5.11 Å². The highest BCUT2D eigenvalue weighted by Gasteiger charge is 2.14. The van der Waals surface area contributed by atoms with Crippen LogP contribution in [-0.4, -0.2) is 41.5 Å². The third-order valence-corrected chi connectivity index (χ3v) is 5.38. The smallest absolute Gasteiger partial charge is 0.346 e. The van der Waals surface area contributed by atoms with Gasteiger partial charge in [-0.1, -0.05) is 0 Å². The van der Waals surface area contributed by atoms with Crippen molar-refractivity contribution in [3.8, 4) is 0 Å². The number of hydrogen-bond acceptors (Lipinski definition) is 5. The lowest BCUT2D eigenvalue weighted by molar-refractivity contribution is 0.0701. The van der Waals surface area contributed by atoms with Gasteiger partial charge in [-0.25, -0.2) is 13.2 Å². The Labute approximate surface area is 106 Å². The number of sulfone groups is 1. The largest absolute Gasteiger partial charge is 0.477 e. The van der Waals surface area contributed by atoms with Crippen LogP contribution in [0, 0.1) is 0 Å². The van der Waals surface area contributed by atoms with Crippen LogP contribution < -0.4 is 0 Å². The number of rotatable bonds is 6. The highest BCUT2D eigenvalue weighted by Crippen LogP contribution is 2.18. The van der Waals surface area contributed by atoms with Crippen molar-refractivity contribution in [3.63, 3.8) is 0 Å². The molecule has 0 saturated carbocycles. The zero-order chi connectivity index (χ0) is 13.1. The fraction of sp³-hybridized carbons (Fsp3) is 0.444. The first-order chi connectivity index (χ1) is 7.79. The van der Waals surface area contributed by atoms with Gasteiger partial charge < -0.3 is 5.11 Å². The van der Waals surface area contributed by atoms with E-state index in [1.165, 1.54) is 0 Å². The molecule has 0 spiro atoms. The summed E-state index contributed by atoms with van der Waals surface area (Å²) in [7, 11) is -4.49. The molecule has 0 aliphatic heterocycles. The first-order valence-electron chi connectivity index (χ1n) is 4.62. The van der Waals surface area contributed by atoms with E-state index < -0.39 is 26.6 Å². The van der Waals surface area contributed by atoms with Gasteiger partial charge in [-0.15, -0.1) is 11.3 Å². The van der Waals surface area contributed by atoms with Crippen molar-refractivity contribution in [2.24, 2.45) is 0 Å². The van der Waals surface area contributed by atoms with Crippen molar-refractivity contribution in [1.82, 2.24) is 0 Å². The van der Waals surface area contributed by atoms with Gasteiger partial charge in [-0.3, -0.25) is 4.21 Å². The average molecular weight is 296 g/mol. The van der Waals surface area contributed by atoms with Crippen molar-refractivity contribution in [2.45, 2.75) is 5.75 Å². The van der Waals surface area contributed by atoms with E-state index in [0.29, 0.717) is 5.56 Å². The van der Waals surface area contributed by atoms with Crippen molar-refractivity contribution < 1.29 is 22.5 Å². The van der Waals surface area contributed by atoms with Crippen molar-refractivity contribution in [1.29, 1.82) is 0 Å². The van der Waals surface area contributed by atoms with E-state index in [0.717, 1.165) is 17.6 Å². The maximum absolute atomic E-state index is 11.6. The van der Waals surface area contributed by atoms with Crippen LogP contribution in [0.25, 0.3) is 0 Å². The molecular formula is C9H12O5S3. The second kappa shape index (κ2) is 5.74. The van der Waals surface area contributed by atoms with E-state index in [9.17, 15) is 17.4 Å². The number of carboxylic acids is 1. The van der Waals surface area contributed by atoms with E-state index in [2.05, 4.69) is 0 Å². The summed E-state index contributed by atoms with van der Waals surface area (Å²) in [5, 5.41) is 10.5. The van der Waals surface area contributed by atoms with Crippen LogP contribution in [0.2, 0.25) is 0 Å². The quantitative estimate of drug-likeness (QED) is 0.836. The predicted octanol–water partition coefficient (Wildman–Crippen LogP) is 0.740. The van der Waals surface area contributed by atoms with Gasteiger partial charge in [0.25, 0.3) is 0 Å². The molecule has 1 unspecified atom stereocenters. The van der Waals surface area contributed by atoms with Crippen molar-refractivity contribution in [3.05, 3.63) is 21.9 Å². The summed E-state index contributed by atoms with van der Waals surface area (Å²) in [6, 6.07) is 1.60. The minimum absolute atomic E-state index is 0.0355. The van der Waals surface area contributed by atoms with Crippen LogP contribution in [0.1, 0.15) is 15.2 Å². The first-order valence-corrected chi connectivity index (χ1v) is 9.05. The summed E-state index contributed by atoms with van der Waals surface area (Å²) in [5.41, 5.74) is 0.495. The zero-order valence-corrected chi connectivity index (χ0v) is 11.5. The Morgan fingerprint density at radius 1 is 1.53 bits per heavy atom. The van der Waals surface area contributed by atoms with Crippen LogP contribution >= 0.6 is 11.3 Å². The molecule has 1 heterocycles. The third-order valence-electron chi connectivity index (χ3n) is 1.94. The van der Waals surface area contributed by atoms with Crippen LogP contribution in [0.15, 0.2) is 11.4 Å². The molecule has 0 aliphatic carbocycles. The van der Waals surface area contributed by atoms with Gasteiger partial charge in [0.05, 0.1) is 11.5 Å². The minimum atomic E-state index is -3.13. The molecule has 1 aromatic rings. The molecule has 1 N–H and O–H groups in total. The highest BCUT2D eigenvalue weighted by molar-refractivity contribution is 7.92. The summed E-state index contributed by atoms with van der Waals surface area (Å²) in [5.74, 6) is -1.07. The third kappa shape index (κ3) is 4.97. The van der Waals surface area contributed by atoms with Gasteiger partial charge >= 0.3 is 5.97 Å². The van der Waals surface area contributed by atoms with E-state index in [-0.39, 0.29) is 22.1 Å². The standard InChI is InChI=1S/C9H12O5S3/c1-17(13,14)5-4-16(12)6-7-2-3-15-8(7)9(10)11/h2-3H,4-6H2,1H3,(H,10,11). The molecule has 1 aromatic heterocycles. The van der Waals surface area contributed by atoms with E-state index in [1.807, 2.05) is 0 Å². The van der Waals surface area contributed by atoms with Crippen molar-refractivity contribution >= 4 is 37.9 Å². The molecule has 96 valence electrons. The maximum atomic E-state index is 11.6. The molecule has 8 heteroatoms. The maximum Gasteiger partial charge on any atom is 0.346 e. The SMILES string of the molecule is CS(=O)(=O)CCS(=O)Cc1ccsc1C(=O)O. The van der Waals surface area contributed by atoms with E-state index in [1.54, 1.807) is 11.4 Å². The fourth-order valence-electron chi connectivity index (χ4n) is 1.13. The van der Waals surface area contributed by atoms with Crippen LogP contribution in [-0.2, 0) is 26.4 Å². The second-order valence-corrected chi connectivity index (χ2v) is 8.25. The summed E-state index contributed by atoms with van der Waals surface area (Å²) in [6.45, 7) is 0. The Morgan fingerprint density at radius 2 is 2.18 bits per heavy atom. The molecule has 1 atom stereocenters. The van der Waals surface area contributed by atoms with E-state index >= 15 is 0 Å². The highest BCUT2D eigenvalue weighted by atomic mass is 32.2. The average Bonchev–Trinajstić information content (AvgIpc) is 2.62. The molecule has 0 aliphatic rings. The van der Waals surface area contributed by atoms with Crippen LogP contribution in [0.4, 0.5) is 0 Å². The van der Waals surface area contributed by atoms with Gasteiger partial charge in [0.15, 0.2) is 0 Å². The van der Waals surface area contributed by atoms with Gasteiger partial charge in [0.2, 0.25) is 0 Å². The molecule has 0 fully saturated rings. The summed E-state index contributed by atoms with van der Waals surface area (Å²) in [6.07, 6.45) is 1.08. The molecule has 0 aromatic carbocycles. The number of thiophene rings is 1. The molecule has 5 nitrogen and oxygen atoms in total. The number of hydrogen-bond donors (Lipinski definition) is 1. The van der Waals surface area contributed by atoms with Gasteiger partial charge in [-0.05, 0) is 17.0 Å². The summed E-state index contributed by atoms with van der Waals surface area (Å²) >= 11 is 1.07. The second-order valence-electron chi connectivity index (χ2n) is 3.50. The van der Waals surface area contributed by atoms with Crippen LogP contribution in [0.5, 0.6) is 0 Å². The molecule has 0 amide bonds. The Kier molecular flexibility index (Phi) is 4.84. The predicted molar refractivity (Wildman–Crippen MR) is 67.7 cm³/mol. The van der Waals surface area contributed by atoms with Gasteiger partial charge in [0.1, 0.15) is 14.7 Å². The lowest BCUT2D eigenvalue weighted by Gasteiger charge is -2.01. The summed E-state index contributed by atoms with van der Waals surface area (Å²) in [4.78, 5) is 11.0. The molecule has 1 rings (SSSR count).